The zero-order valence-corrected chi connectivity index (χ0v) is 17.4. The lowest BCUT2D eigenvalue weighted by molar-refractivity contribution is -0.680. The predicted molar refractivity (Wildman–Crippen MR) is 110 cm³/mol. The van der Waals surface area contributed by atoms with Crippen molar-refractivity contribution in [2.75, 3.05) is 6.54 Å². The maximum atomic E-state index is 12.4. The molecule has 152 valence electrons. The van der Waals surface area contributed by atoms with Gasteiger partial charge in [-0.2, -0.15) is 0 Å². The van der Waals surface area contributed by atoms with Crippen molar-refractivity contribution < 1.29 is 14.5 Å². The standard InChI is InChI=1S/C23H33N3O2/c1-17(2)23-25(3)14-15-26(23)13-12-24-21(27)16-19-10-7-11-20(22(19)28)18-8-5-4-6-9-18/h7,10-11,14-15,17-18H,4-6,8-9,12-13,16H2,1-3H3,(H-,24,27,28)/p+1. The first-order chi connectivity index (χ1) is 13.5. The van der Waals surface area contributed by atoms with Gasteiger partial charge in [0.25, 0.3) is 5.82 Å². The number of benzene rings is 1. The molecule has 5 nitrogen and oxygen atoms in total. The van der Waals surface area contributed by atoms with Gasteiger partial charge in [-0.1, -0.05) is 51.3 Å². The fourth-order valence-corrected chi connectivity index (χ4v) is 4.51. The van der Waals surface area contributed by atoms with Crippen molar-refractivity contribution in [1.29, 1.82) is 0 Å². The van der Waals surface area contributed by atoms with Crippen LogP contribution in [0.25, 0.3) is 0 Å². The Morgan fingerprint density at radius 1 is 1.29 bits per heavy atom. The molecule has 1 heterocycles. The van der Waals surface area contributed by atoms with Crippen molar-refractivity contribution in [2.45, 2.75) is 70.8 Å². The van der Waals surface area contributed by atoms with Gasteiger partial charge in [0.2, 0.25) is 5.91 Å². The lowest BCUT2D eigenvalue weighted by Crippen LogP contribution is -2.34. The molecule has 1 amide bonds. The third-order valence-electron chi connectivity index (χ3n) is 5.86. The maximum absolute atomic E-state index is 12.4. The Bertz CT molecular complexity index is 804. The van der Waals surface area contributed by atoms with Crippen molar-refractivity contribution in [3.63, 3.8) is 0 Å². The van der Waals surface area contributed by atoms with Crippen LogP contribution >= 0.6 is 0 Å². The van der Waals surface area contributed by atoms with Crippen LogP contribution in [0.4, 0.5) is 0 Å². The highest BCUT2D eigenvalue weighted by atomic mass is 16.3. The number of aryl methyl sites for hydroxylation is 1. The zero-order valence-electron chi connectivity index (χ0n) is 17.4. The number of hydrogen-bond donors (Lipinski definition) is 2. The molecule has 1 fully saturated rings. The van der Waals surface area contributed by atoms with E-state index >= 15 is 0 Å². The Morgan fingerprint density at radius 3 is 2.75 bits per heavy atom. The normalized spacial score (nSPS) is 15.1. The number of aromatic hydroxyl groups is 1. The largest absolute Gasteiger partial charge is 0.507 e. The van der Waals surface area contributed by atoms with Crippen LogP contribution in [0.5, 0.6) is 5.75 Å². The number of hydrogen-bond acceptors (Lipinski definition) is 2. The molecule has 3 rings (SSSR count). The maximum Gasteiger partial charge on any atom is 0.258 e. The van der Waals surface area contributed by atoms with Crippen LogP contribution in [-0.4, -0.2) is 22.1 Å². The summed E-state index contributed by atoms with van der Waals surface area (Å²) in [5.74, 6) is 2.38. The number of nitrogens with one attached hydrogen (secondary N) is 1. The quantitative estimate of drug-likeness (QED) is 0.717. The molecule has 0 unspecified atom stereocenters. The molecule has 2 N–H and O–H groups in total. The average Bonchev–Trinajstić information content (AvgIpc) is 3.05. The Hall–Kier alpha value is -2.30. The number of phenolic OH excluding ortho intramolecular Hbond substituents is 1. The summed E-state index contributed by atoms with van der Waals surface area (Å²) in [6.45, 7) is 5.67. The average molecular weight is 385 g/mol. The van der Waals surface area contributed by atoms with Crippen LogP contribution in [0, 0.1) is 0 Å². The van der Waals surface area contributed by atoms with E-state index in [-0.39, 0.29) is 12.3 Å². The Kier molecular flexibility index (Phi) is 6.76. The Morgan fingerprint density at radius 2 is 2.04 bits per heavy atom. The van der Waals surface area contributed by atoms with E-state index in [0.29, 0.717) is 24.1 Å². The molecular weight excluding hydrogens is 350 g/mol. The van der Waals surface area contributed by atoms with Crippen LogP contribution in [0.1, 0.15) is 74.7 Å². The molecule has 28 heavy (non-hydrogen) atoms. The van der Waals surface area contributed by atoms with Gasteiger partial charge in [-0.3, -0.25) is 4.79 Å². The van der Waals surface area contributed by atoms with E-state index in [1.807, 2.05) is 31.4 Å². The molecule has 1 aliphatic carbocycles. The number of carbonyl (C=O) groups excluding carboxylic acids is 1. The van der Waals surface area contributed by atoms with Crippen molar-refractivity contribution in [1.82, 2.24) is 9.88 Å². The summed E-state index contributed by atoms with van der Waals surface area (Å²) >= 11 is 0. The number of phenols is 1. The topological polar surface area (TPSA) is 58.1 Å². The van der Waals surface area contributed by atoms with Gasteiger partial charge >= 0.3 is 0 Å². The van der Waals surface area contributed by atoms with E-state index in [0.717, 1.165) is 30.5 Å². The number of aromatic nitrogens is 2. The van der Waals surface area contributed by atoms with E-state index in [9.17, 15) is 9.90 Å². The van der Waals surface area contributed by atoms with E-state index in [4.69, 9.17) is 0 Å². The first-order valence-electron chi connectivity index (χ1n) is 10.6. The van der Waals surface area contributed by atoms with E-state index in [2.05, 4.69) is 34.5 Å². The summed E-state index contributed by atoms with van der Waals surface area (Å²) in [5.41, 5.74) is 1.75. The van der Waals surface area contributed by atoms with Gasteiger partial charge in [0.05, 0.1) is 25.9 Å². The lowest BCUT2D eigenvalue weighted by atomic mass is 9.83. The number of amides is 1. The second kappa shape index (κ2) is 9.26. The third kappa shape index (κ3) is 4.75. The van der Waals surface area contributed by atoms with Gasteiger partial charge in [-0.05, 0) is 24.3 Å². The summed E-state index contributed by atoms with van der Waals surface area (Å²) in [5, 5.41) is 13.7. The second-order valence-corrected chi connectivity index (χ2v) is 8.33. The van der Waals surface area contributed by atoms with Crippen LogP contribution in [0.15, 0.2) is 30.6 Å². The molecule has 0 atom stereocenters. The molecule has 1 aliphatic rings. The summed E-state index contributed by atoms with van der Waals surface area (Å²) < 4.78 is 4.31. The number of rotatable bonds is 7. The van der Waals surface area contributed by atoms with E-state index in [1.54, 1.807) is 0 Å². The molecular formula is C23H34N3O2+. The molecule has 0 bridgehead atoms. The molecule has 0 spiro atoms. The van der Waals surface area contributed by atoms with Gasteiger partial charge in [0, 0.05) is 5.56 Å². The minimum Gasteiger partial charge on any atom is -0.507 e. The SMILES string of the molecule is CC(C)c1n(CCNC(=O)Cc2cccc(C3CCCCC3)c2O)cc[n+]1C. The molecule has 5 heteroatoms. The predicted octanol–water partition coefficient (Wildman–Crippen LogP) is 3.55. The van der Waals surface area contributed by atoms with Crippen LogP contribution in [0.2, 0.25) is 0 Å². The summed E-state index contributed by atoms with van der Waals surface area (Å²) in [7, 11) is 2.05. The van der Waals surface area contributed by atoms with Gasteiger partial charge in [-0.15, -0.1) is 0 Å². The summed E-state index contributed by atoms with van der Waals surface area (Å²) in [4.78, 5) is 12.4. The highest BCUT2D eigenvalue weighted by molar-refractivity contribution is 5.79. The van der Waals surface area contributed by atoms with Crippen LogP contribution in [0.3, 0.4) is 0 Å². The molecule has 0 aliphatic heterocycles. The van der Waals surface area contributed by atoms with Gasteiger partial charge in [-0.25, -0.2) is 9.13 Å². The monoisotopic (exact) mass is 384 g/mol. The summed E-state index contributed by atoms with van der Waals surface area (Å²) in [6.07, 6.45) is 10.3. The van der Waals surface area contributed by atoms with Crippen LogP contribution < -0.4 is 9.88 Å². The Balaban J connectivity index is 1.57. The summed E-state index contributed by atoms with van der Waals surface area (Å²) in [6, 6.07) is 5.86. The number of carbonyl (C=O) groups is 1. The minimum absolute atomic E-state index is 0.0428. The van der Waals surface area contributed by atoms with Crippen molar-refractivity contribution in [3.05, 3.63) is 47.5 Å². The number of imidazole rings is 1. The first kappa shape index (κ1) is 20.4. The van der Waals surface area contributed by atoms with Gasteiger partial charge < -0.3 is 10.4 Å². The van der Waals surface area contributed by atoms with E-state index in [1.165, 1.54) is 25.1 Å². The molecule has 2 aromatic rings. The number of para-hydroxylation sites is 1. The number of nitrogens with zero attached hydrogens (tertiary/aromatic N) is 2. The van der Waals surface area contributed by atoms with E-state index < -0.39 is 0 Å². The van der Waals surface area contributed by atoms with Crippen molar-refractivity contribution >= 4 is 5.91 Å². The van der Waals surface area contributed by atoms with Crippen LogP contribution in [-0.2, 0) is 24.8 Å². The highest BCUT2D eigenvalue weighted by Gasteiger charge is 2.21. The minimum atomic E-state index is -0.0428. The molecule has 1 saturated carbocycles. The van der Waals surface area contributed by atoms with Crippen molar-refractivity contribution in [2.24, 2.45) is 7.05 Å². The second-order valence-electron chi connectivity index (χ2n) is 8.33. The molecule has 1 aromatic carbocycles. The smallest absolute Gasteiger partial charge is 0.258 e. The fourth-order valence-electron chi connectivity index (χ4n) is 4.51. The first-order valence-corrected chi connectivity index (χ1v) is 10.6. The lowest BCUT2D eigenvalue weighted by Gasteiger charge is -2.23. The molecule has 1 aromatic heterocycles. The Labute approximate surface area is 168 Å². The zero-order chi connectivity index (χ0) is 20.1. The van der Waals surface area contributed by atoms with Gasteiger partial charge in [0.1, 0.15) is 24.7 Å². The fraction of sp³-hybridized carbons (Fsp3) is 0.565. The highest BCUT2D eigenvalue weighted by Crippen LogP contribution is 2.38. The van der Waals surface area contributed by atoms with Gasteiger partial charge in [0.15, 0.2) is 0 Å². The third-order valence-corrected chi connectivity index (χ3v) is 5.86. The van der Waals surface area contributed by atoms with Crippen molar-refractivity contribution in [3.8, 4) is 5.75 Å². The molecule has 0 saturated heterocycles. The molecule has 0 radical (unpaired) electrons.